The molecule has 0 saturated carbocycles. The summed E-state index contributed by atoms with van der Waals surface area (Å²) in [6, 6.07) is 1.64. The number of anilines is 1. The number of carbonyl (C=O) groups is 1. The Hall–Kier alpha value is -1.58. The van der Waals surface area contributed by atoms with Crippen molar-refractivity contribution in [2.24, 2.45) is 0 Å². The average Bonchev–Trinajstić information content (AvgIpc) is 2.08. The predicted octanol–water partition coefficient (Wildman–Crippen LogP) is 0.759. The van der Waals surface area contributed by atoms with Gasteiger partial charge in [-0.25, -0.2) is 9.78 Å². The molecule has 2 N–H and O–H groups in total. The molecule has 4 nitrogen and oxygen atoms in total. The molecule has 1 heterocycles. The maximum atomic E-state index is 11.0. The minimum absolute atomic E-state index is 0.275. The summed E-state index contributed by atoms with van der Waals surface area (Å²) < 4.78 is 4.52. The van der Waals surface area contributed by atoms with Gasteiger partial charge in [0, 0.05) is 17.4 Å². The lowest BCUT2D eigenvalue weighted by molar-refractivity contribution is 0.0593. The largest absolute Gasteiger partial charge is 0.464 e. The number of ether oxygens (including phenoxy) is 1. The minimum atomic E-state index is -0.459. The molecule has 0 aliphatic carbocycles. The average molecular weight is 166 g/mol. The topological polar surface area (TPSA) is 65.2 Å². The number of pyridine rings is 1. The molecule has 0 fully saturated rings. The Kier molecular flexibility index (Phi) is 2.28. The van der Waals surface area contributed by atoms with Gasteiger partial charge in [-0.2, -0.15) is 0 Å². The van der Waals surface area contributed by atoms with E-state index in [0.29, 0.717) is 11.3 Å². The Labute approximate surface area is 70.4 Å². The van der Waals surface area contributed by atoms with Gasteiger partial charge in [0.2, 0.25) is 0 Å². The molecular formula is C8H10N2O2. The van der Waals surface area contributed by atoms with E-state index in [1.54, 1.807) is 13.0 Å². The smallest absolute Gasteiger partial charge is 0.356 e. The number of aromatic nitrogens is 1. The minimum Gasteiger partial charge on any atom is -0.464 e. The van der Waals surface area contributed by atoms with Crippen LogP contribution in [-0.2, 0) is 4.74 Å². The summed E-state index contributed by atoms with van der Waals surface area (Å²) in [6.45, 7) is 1.73. The second kappa shape index (κ2) is 3.21. The molecule has 12 heavy (non-hydrogen) atoms. The highest BCUT2D eigenvalue weighted by Crippen LogP contribution is 2.12. The molecule has 1 aromatic rings. The van der Waals surface area contributed by atoms with Crippen molar-refractivity contribution in [3.63, 3.8) is 0 Å². The van der Waals surface area contributed by atoms with Crippen LogP contribution in [0.15, 0.2) is 12.3 Å². The number of hydrogen-bond donors (Lipinski definition) is 1. The zero-order chi connectivity index (χ0) is 9.14. The van der Waals surface area contributed by atoms with Gasteiger partial charge < -0.3 is 10.5 Å². The normalized spacial score (nSPS) is 9.50. The highest BCUT2D eigenvalue weighted by molar-refractivity contribution is 5.90. The SMILES string of the molecule is COC(=O)c1nccc(N)c1C. The molecule has 0 aromatic carbocycles. The third-order valence-corrected chi connectivity index (χ3v) is 1.62. The van der Waals surface area contributed by atoms with Crippen LogP contribution in [0.1, 0.15) is 16.1 Å². The molecule has 0 amide bonds. The summed E-state index contributed by atoms with van der Waals surface area (Å²) in [5.41, 5.74) is 7.04. The third-order valence-electron chi connectivity index (χ3n) is 1.62. The molecule has 0 atom stereocenters. The first-order chi connectivity index (χ1) is 5.66. The van der Waals surface area contributed by atoms with Crippen molar-refractivity contribution >= 4 is 11.7 Å². The van der Waals surface area contributed by atoms with E-state index < -0.39 is 5.97 Å². The third kappa shape index (κ3) is 1.37. The van der Waals surface area contributed by atoms with Gasteiger partial charge in [-0.3, -0.25) is 0 Å². The summed E-state index contributed by atoms with van der Waals surface area (Å²) in [7, 11) is 1.31. The predicted molar refractivity (Wildman–Crippen MR) is 44.7 cm³/mol. The Balaban J connectivity index is 3.16. The van der Waals surface area contributed by atoms with E-state index in [9.17, 15) is 4.79 Å². The van der Waals surface area contributed by atoms with Crippen LogP contribution < -0.4 is 5.73 Å². The molecule has 4 heteroatoms. The van der Waals surface area contributed by atoms with Crippen molar-refractivity contribution in [1.82, 2.24) is 4.98 Å². The van der Waals surface area contributed by atoms with Gasteiger partial charge in [0.1, 0.15) is 0 Å². The van der Waals surface area contributed by atoms with E-state index in [4.69, 9.17) is 5.73 Å². The molecule has 0 aliphatic heterocycles. The van der Waals surface area contributed by atoms with E-state index in [1.165, 1.54) is 13.3 Å². The lowest BCUT2D eigenvalue weighted by Crippen LogP contribution is -2.08. The Bertz CT molecular complexity index is 310. The van der Waals surface area contributed by atoms with Gasteiger partial charge in [0.15, 0.2) is 5.69 Å². The van der Waals surface area contributed by atoms with Crippen LogP contribution in [0.3, 0.4) is 0 Å². The molecular weight excluding hydrogens is 156 g/mol. The monoisotopic (exact) mass is 166 g/mol. The summed E-state index contributed by atoms with van der Waals surface area (Å²) in [4.78, 5) is 14.9. The molecule has 1 rings (SSSR count). The van der Waals surface area contributed by atoms with Crippen LogP contribution in [0, 0.1) is 6.92 Å². The second-order valence-corrected chi connectivity index (χ2v) is 2.37. The van der Waals surface area contributed by atoms with Crippen molar-refractivity contribution in [2.45, 2.75) is 6.92 Å². The standard InChI is InChI=1S/C8H10N2O2/c1-5-6(9)3-4-10-7(5)8(11)12-2/h3-4H,1-2H3,(H2,9,10). The van der Waals surface area contributed by atoms with Gasteiger partial charge in [-0.1, -0.05) is 0 Å². The molecule has 0 spiro atoms. The summed E-state index contributed by atoms with van der Waals surface area (Å²) in [5.74, 6) is -0.459. The summed E-state index contributed by atoms with van der Waals surface area (Å²) in [6.07, 6.45) is 1.48. The lowest BCUT2D eigenvalue weighted by Gasteiger charge is -2.03. The highest BCUT2D eigenvalue weighted by atomic mass is 16.5. The maximum Gasteiger partial charge on any atom is 0.356 e. The molecule has 0 radical (unpaired) electrons. The summed E-state index contributed by atoms with van der Waals surface area (Å²) >= 11 is 0. The van der Waals surface area contributed by atoms with E-state index in [-0.39, 0.29) is 5.69 Å². The van der Waals surface area contributed by atoms with Crippen LogP contribution in [-0.4, -0.2) is 18.1 Å². The summed E-state index contributed by atoms with van der Waals surface area (Å²) in [5, 5.41) is 0. The van der Waals surface area contributed by atoms with Gasteiger partial charge in [0.25, 0.3) is 0 Å². The Morgan fingerprint density at radius 3 is 2.92 bits per heavy atom. The fraction of sp³-hybridized carbons (Fsp3) is 0.250. The number of nitrogens with zero attached hydrogens (tertiary/aromatic N) is 1. The first kappa shape index (κ1) is 8.52. The molecule has 1 aromatic heterocycles. The number of carbonyl (C=O) groups excluding carboxylic acids is 1. The molecule has 0 aliphatic rings. The lowest BCUT2D eigenvalue weighted by atomic mass is 10.2. The van der Waals surface area contributed by atoms with E-state index in [1.807, 2.05) is 0 Å². The molecule has 64 valence electrons. The van der Waals surface area contributed by atoms with Crippen molar-refractivity contribution in [3.05, 3.63) is 23.5 Å². The highest BCUT2D eigenvalue weighted by Gasteiger charge is 2.11. The van der Waals surface area contributed by atoms with Crippen LogP contribution in [0.4, 0.5) is 5.69 Å². The van der Waals surface area contributed by atoms with Gasteiger partial charge in [-0.15, -0.1) is 0 Å². The van der Waals surface area contributed by atoms with Gasteiger partial charge in [0.05, 0.1) is 7.11 Å². The van der Waals surface area contributed by atoms with Crippen molar-refractivity contribution in [2.75, 3.05) is 12.8 Å². The molecule has 0 unspecified atom stereocenters. The quantitative estimate of drug-likeness (QED) is 0.625. The van der Waals surface area contributed by atoms with E-state index in [2.05, 4.69) is 9.72 Å². The van der Waals surface area contributed by atoms with Crippen LogP contribution in [0.2, 0.25) is 0 Å². The number of methoxy groups -OCH3 is 1. The number of nitrogen functional groups attached to an aromatic ring is 1. The fourth-order valence-corrected chi connectivity index (χ4v) is 0.853. The molecule has 0 saturated heterocycles. The number of rotatable bonds is 1. The number of esters is 1. The zero-order valence-electron chi connectivity index (χ0n) is 7.00. The van der Waals surface area contributed by atoms with E-state index in [0.717, 1.165) is 0 Å². The molecule has 0 bridgehead atoms. The first-order valence-electron chi connectivity index (χ1n) is 3.46. The zero-order valence-corrected chi connectivity index (χ0v) is 7.00. The second-order valence-electron chi connectivity index (χ2n) is 2.37. The van der Waals surface area contributed by atoms with Crippen molar-refractivity contribution < 1.29 is 9.53 Å². The van der Waals surface area contributed by atoms with Crippen molar-refractivity contribution in [1.29, 1.82) is 0 Å². The first-order valence-corrected chi connectivity index (χ1v) is 3.46. The van der Waals surface area contributed by atoms with Crippen LogP contribution in [0.25, 0.3) is 0 Å². The van der Waals surface area contributed by atoms with Gasteiger partial charge >= 0.3 is 5.97 Å². The van der Waals surface area contributed by atoms with Gasteiger partial charge in [-0.05, 0) is 13.0 Å². The Morgan fingerprint density at radius 1 is 1.67 bits per heavy atom. The fourth-order valence-electron chi connectivity index (χ4n) is 0.853. The maximum absolute atomic E-state index is 11.0. The van der Waals surface area contributed by atoms with Crippen LogP contribution >= 0.6 is 0 Å². The number of hydrogen-bond acceptors (Lipinski definition) is 4. The van der Waals surface area contributed by atoms with E-state index >= 15 is 0 Å². The number of nitrogens with two attached hydrogens (primary N) is 1. The Morgan fingerprint density at radius 2 is 2.33 bits per heavy atom. The van der Waals surface area contributed by atoms with Crippen molar-refractivity contribution in [3.8, 4) is 0 Å². The van der Waals surface area contributed by atoms with Crippen LogP contribution in [0.5, 0.6) is 0 Å².